The van der Waals surface area contributed by atoms with Crippen LogP contribution in [0.5, 0.6) is 0 Å². The fourth-order valence-electron chi connectivity index (χ4n) is 5.72. The highest BCUT2D eigenvalue weighted by molar-refractivity contribution is 5.96. The number of fused-ring (bicyclic) bond motifs is 4. The van der Waals surface area contributed by atoms with E-state index in [1.807, 2.05) is 15.5 Å². The van der Waals surface area contributed by atoms with Crippen LogP contribution in [0.3, 0.4) is 0 Å². The van der Waals surface area contributed by atoms with Gasteiger partial charge in [0.15, 0.2) is 0 Å². The minimum Gasteiger partial charge on any atom is -0.365 e. The Hall–Kier alpha value is -3.16. The Morgan fingerprint density at radius 1 is 1.12 bits per heavy atom. The molecule has 2 aromatic rings. The number of rotatable bonds is 3. The van der Waals surface area contributed by atoms with E-state index in [1.165, 1.54) is 6.07 Å². The van der Waals surface area contributed by atoms with Crippen molar-refractivity contribution >= 4 is 17.3 Å². The molecule has 0 N–H and O–H groups in total. The summed E-state index contributed by atoms with van der Waals surface area (Å²) >= 11 is 0. The Morgan fingerprint density at radius 2 is 1.97 bits per heavy atom. The van der Waals surface area contributed by atoms with Crippen molar-refractivity contribution in [3.63, 3.8) is 0 Å². The number of nitro benzene ring substituents is 1. The van der Waals surface area contributed by atoms with Gasteiger partial charge in [0.2, 0.25) is 0 Å². The third-order valence-electron chi connectivity index (χ3n) is 7.18. The van der Waals surface area contributed by atoms with Crippen LogP contribution in [0.25, 0.3) is 0 Å². The first kappa shape index (κ1) is 20.7. The number of nitro groups is 1. The summed E-state index contributed by atoms with van der Waals surface area (Å²) in [6, 6.07) is 10.3. The summed E-state index contributed by atoms with van der Waals surface area (Å²) in [7, 11) is 0. The number of aromatic nitrogens is 1. The zero-order valence-electron chi connectivity index (χ0n) is 18.3. The van der Waals surface area contributed by atoms with Gasteiger partial charge in [0.05, 0.1) is 4.92 Å². The summed E-state index contributed by atoms with van der Waals surface area (Å²) in [5.74, 6) is 0.740. The zero-order valence-corrected chi connectivity index (χ0v) is 18.3. The molecule has 8 nitrogen and oxygen atoms in total. The number of likely N-dealkylation sites (tertiary alicyclic amines) is 1. The van der Waals surface area contributed by atoms with E-state index in [0.29, 0.717) is 49.9 Å². The maximum Gasteiger partial charge on any atom is 0.293 e. The lowest BCUT2D eigenvalue weighted by Crippen LogP contribution is -2.47. The summed E-state index contributed by atoms with van der Waals surface area (Å²) in [6.07, 6.45) is 3.06. The Balaban J connectivity index is 1.44. The quantitative estimate of drug-likeness (QED) is 0.544. The molecule has 2 bridgehead atoms. The third kappa shape index (κ3) is 3.67. The van der Waals surface area contributed by atoms with Gasteiger partial charge >= 0.3 is 0 Å². The van der Waals surface area contributed by atoms with Gasteiger partial charge in [-0.3, -0.25) is 19.7 Å². The second-order valence-corrected chi connectivity index (χ2v) is 9.56. The van der Waals surface area contributed by atoms with Gasteiger partial charge in [-0.15, -0.1) is 0 Å². The molecule has 0 unspecified atom stereocenters. The summed E-state index contributed by atoms with van der Waals surface area (Å²) in [5.41, 5.74) is 1.94. The molecule has 32 heavy (non-hydrogen) atoms. The lowest BCUT2D eigenvalue weighted by atomic mass is 9.83. The van der Waals surface area contributed by atoms with Crippen LogP contribution in [0.2, 0.25) is 0 Å². The summed E-state index contributed by atoms with van der Waals surface area (Å²) in [5, 5.41) is 12.0. The van der Waals surface area contributed by atoms with Crippen molar-refractivity contribution in [1.29, 1.82) is 0 Å². The molecule has 3 aliphatic heterocycles. The third-order valence-corrected chi connectivity index (χ3v) is 7.18. The first-order valence-electron chi connectivity index (χ1n) is 11.4. The summed E-state index contributed by atoms with van der Waals surface area (Å²) in [4.78, 5) is 40.7. The topological polar surface area (TPSA) is 88.7 Å². The largest absolute Gasteiger partial charge is 0.365 e. The number of carbonyl (C=O) groups is 1. The molecule has 5 rings (SSSR count). The average molecular weight is 437 g/mol. The number of hydrogen-bond donors (Lipinski definition) is 0. The molecule has 1 aromatic carbocycles. The predicted octanol–water partition coefficient (Wildman–Crippen LogP) is 3.25. The molecular weight excluding hydrogens is 408 g/mol. The molecule has 3 aliphatic rings. The van der Waals surface area contributed by atoms with E-state index < -0.39 is 0 Å². The highest BCUT2D eigenvalue weighted by Crippen LogP contribution is 2.40. The molecule has 2 saturated heterocycles. The number of pyridine rings is 1. The highest BCUT2D eigenvalue weighted by atomic mass is 16.6. The molecular formula is C24H28N4O4. The Morgan fingerprint density at radius 3 is 2.75 bits per heavy atom. The number of benzene rings is 1. The van der Waals surface area contributed by atoms with Gasteiger partial charge in [-0.25, -0.2) is 0 Å². The van der Waals surface area contributed by atoms with Gasteiger partial charge in [-0.05, 0) is 49.3 Å². The minimum atomic E-state index is -0.381. The second kappa shape index (κ2) is 8.07. The lowest BCUT2D eigenvalue weighted by Gasteiger charge is -2.43. The van der Waals surface area contributed by atoms with Crippen molar-refractivity contribution in [2.75, 3.05) is 31.1 Å². The number of anilines is 1. The Kier molecular flexibility index (Phi) is 5.23. The minimum absolute atomic E-state index is 0.0199. The SMILES string of the molecule is C[C@H]1CCCN(C(=O)c2ccc(N3C[C@H]4C[C@@H](C3)c3cccc(=O)n3C4)c([N+](=O)[O-])c2)C1. The fraction of sp³-hybridized carbons (Fsp3) is 0.500. The van der Waals surface area contributed by atoms with Gasteiger partial charge < -0.3 is 14.4 Å². The van der Waals surface area contributed by atoms with Crippen LogP contribution in [0.1, 0.15) is 48.2 Å². The van der Waals surface area contributed by atoms with Crippen LogP contribution in [-0.4, -0.2) is 46.5 Å². The van der Waals surface area contributed by atoms with Crippen LogP contribution >= 0.6 is 0 Å². The molecule has 1 aromatic heterocycles. The summed E-state index contributed by atoms with van der Waals surface area (Å²) in [6.45, 7) is 5.45. The molecule has 4 heterocycles. The van der Waals surface area contributed by atoms with Crippen LogP contribution < -0.4 is 10.5 Å². The molecule has 0 radical (unpaired) electrons. The van der Waals surface area contributed by atoms with Crippen molar-refractivity contribution in [3.8, 4) is 0 Å². The number of nitrogens with zero attached hydrogens (tertiary/aromatic N) is 4. The second-order valence-electron chi connectivity index (χ2n) is 9.56. The Bertz CT molecular complexity index is 1130. The normalized spacial score (nSPS) is 24.7. The molecule has 0 aliphatic carbocycles. The van der Waals surface area contributed by atoms with Gasteiger partial charge in [-0.1, -0.05) is 13.0 Å². The van der Waals surface area contributed by atoms with E-state index in [9.17, 15) is 19.7 Å². The number of amides is 1. The number of piperidine rings is 2. The maximum absolute atomic E-state index is 13.0. The molecule has 1 amide bonds. The predicted molar refractivity (Wildman–Crippen MR) is 121 cm³/mol. The van der Waals surface area contributed by atoms with Gasteiger partial charge in [-0.2, -0.15) is 0 Å². The molecule has 0 spiro atoms. The van der Waals surface area contributed by atoms with Gasteiger partial charge in [0.1, 0.15) is 5.69 Å². The maximum atomic E-state index is 13.0. The number of hydrogen-bond acceptors (Lipinski definition) is 5. The van der Waals surface area contributed by atoms with Crippen LogP contribution in [0.15, 0.2) is 41.2 Å². The van der Waals surface area contributed by atoms with Crippen molar-refractivity contribution < 1.29 is 9.72 Å². The lowest BCUT2D eigenvalue weighted by molar-refractivity contribution is -0.384. The first-order chi connectivity index (χ1) is 15.4. The fourth-order valence-corrected chi connectivity index (χ4v) is 5.72. The first-order valence-corrected chi connectivity index (χ1v) is 11.4. The summed E-state index contributed by atoms with van der Waals surface area (Å²) < 4.78 is 1.85. The molecule has 0 saturated carbocycles. The van der Waals surface area contributed by atoms with Gasteiger partial charge in [0, 0.05) is 62.0 Å². The van der Waals surface area contributed by atoms with E-state index in [-0.39, 0.29) is 33.9 Å². The van der Waals surface area contributed by atoms with Crippen molar-refractivity contribution in [3.05, 3.63) is 68.1 Å². The standard InChI is InChI=1S/C24H28N4O4/c1-16-4-3-9-25(12-16)24(30)18-7-8-21(22(11-18)28(31)32)26-13-17-10-19(15-26)20-5-2-6-23(29)27(20)14-17/h2,5-8,11,16-17,19H,3-4,9-10,12-15H2,1H3/t16-,17+,19-/m0/s1. The highest BCUT2D eigenvalue weighted by Gasteiger charge is 2.36. The van der Waals surface area contributed by atoms with Crippen molar-refractivity contribution in [1.82, 2.24) is 9.47 Å². The number of carbonyl (C=O) groups excluding carboxylic acids is 1. The van der Waals surface area contributed by atoms with E-state index in [0.717, 1.165) is 25.0 Å². The van der Waals surface area contributed by atoms with Crippen LogP contribution in [0.4, 0.5) is 11.4 Å². The van der Waals surface area contributed by atoms with E-state index in [2.05, 4.69) is 11.8 Å². The van der Waals surface area contributed by atoms with Gasteiger partial charge in [0.25, 0.3) is 17.2 Å². The molecule has 3 atom stereocenters. The average Bonchev–Trinajstić information content (AvgIpc) is 2.79. The molecule has 168 valence electrons. The van der Waals surface area contributed by atoms with Crippen molar-refractivity contribution in [2.45, 2.75) is 38.6 Å². The van der Waals surface area contributed by atoms with Crippen LogP contribution in [0, 0.1) is 22.0 Å². The van der Waals surface area contributed by atoms with E-state index in [1.54, 1.807) is 24.3 Å². The Labute approximate surface area is 186 Å². The van der Waals surface area contributed by atoms with E-state index >= 15 is 0 Å². The monoisotopic (exact) mass is 436 g/mol. The molecule has 8 heteroatoms. The van der Waals surface area contributed by atoms with E-state index in [4.69, 9.17) is 0 Å². The zero-order chi connectivity index (χ0) is 22.4. The molecule has 2 fully saturated rings. The smallest absolute Gasteiger partial charge is 0.293 e. The van der Waals surface area contributed by atoms with Crippen molar-refractivity contribution in [2.24, 2.45) is 11.8 Å². The van der Waals surface area contributed by atoms with Crippen LogP contribution in [-0.2, 0) is 6.54 Å².